The monoisotopic (exact) mass is 794 g/mol. The van der Waals surface area contributed by atoms with Crippen molar-refractivity contribution in [3.8, 4) is 11.5 Å². The minimum Gasteiger partial charge on any atom is -0.504 e. The Bertz CT molecular complexity index is 2280. The predicted molar refractivity (Wildman–Crippen MR) is 243 cm³/mol. The highest BCUT2D eigenvalue weighted by atomic mass is 16.5. The summed E-state index contributed by atoms with van der Waals surface area (Å²) in [6, 6.07) is 58.9. The number of phenols is 1. The highest BCUT2D eigenvalue weighted by Gasteiger charge is 2.27. The van der Waals surface area contributed by atoms with E-state index in [1.54, 1.807) is 6.07 Å². The fraction of sp³-hybridized carbons (Fsp3) is 0.154. The zero-order chi connectivity index (χ0) is 41.8. The van der Waals surface area contributed by atoms with Gasteiger partial charge in [0.25, 0.3) is 0 Å². The maximum atomic E-state index is 13.1. The molecule has 7 aromatic carbocycles. The molecular formula is C52H50N4O4. The third-order valence-corrected chi connectivity index (χ3v) is 10.4. The van der Waals surface area contributed by atoms with E-state index >= 15 is 0 Å². The van der Waals surface area contributed by atoms with Gasteiger partial charge < -0.3 is 30.3 Å². The van der Waals surface area contributed by atoms with Crippen LogP contribution in [0.25, 0.3) is 0 Å². The number of aromatic hydroxyl groups is 1. The molecule has 0 fully saturated rings. The maximum Gasteiger partial charge on any atom is 0.221 e. The van der Waals surface area contributed by atoms with Gasteiger partial charge in [-0.2, -0.15) is 0 Å². The normalized spacial score (nSPS) is 10.9. The zero-order valence-electron chi connectivity index (χ0n) is 34.2. The van der Waals surface area contributed by atoms with Crippen molar-refractivity contribution in [2.75, 3.05) is 27.5 Å². The van der Waals surface area contributed by atoms with Crippen LogP contribution in [0.3, 0.4) is 0 Å². The summed E-state index contributed by atoms with van der Waals surface area (Å²) in [5.41, 5.74) is 10.1. The second kappa shape index (κ2) is 19.4. The van der Waals surface area contributed by atoms with Crippen LogP contribution in [0, 0.1) is 0 Å². The van der Waals surface area contributed by atoms with E-state index in [-0.39, 0.29) is 17.6 Å². The number of hydrogen-bond acceptors (Lipinski definition) is 6. The Kier molecular flexibility index (Phi) is 13.2. The summed E-state index contributed by atoms with van der Waals surface area (Å²) in [5.74, 6) is -0.655. The van der Waals surface area contributed by atoms with E-state index in [4.69, 9.17) is 4.74 Å². The molecule has 0 saturated carbocycles. The molecule has 60 heavy (non-hydrogen) atoms. The number of hydrogen-bond donors (Lipinski definition) is 3. The smallest absolute Gasteiger partial charge is 0.221 e. The Labute approximate surface area is 352 Å². The van der Waals surface area contributed by atoms with E-state index in [0.717, 1.165) is 50.3 Å². The van der Waals surface area contributed by atoms with Gasteiger partial charge in [0.15, 0.2) is 11.5 Å². The third-order valence-electron chi connectivity index (χ3n) is 10.4. The molecule has 0 spiro atoms. The topological polar surface area (TPSA) is 94.1 Å². The van der Waals surface area contributed by atoms with Crippen LogP contribution in [0.2, 0.25) is 0 Å². The number of nitrogens with zero attached hydrogens (tertiary/aromatic N) is 2. The standard InChI is InChI=1S/C52H50N4O4/c1-37(57)53-48-31-44(55(33-39-16-8-4-9-17-39)34-40-18-10-5-11-19-40)25-27-46(48)52(43-24-29-50(59)51(30-43)60-3)47-28-26-45(32-49(47)54-38(2)58)56(35-41-20-12-6-13-21-41)36-42-22-14-7-15-23-42/h4-32,52,59H,33-36H2,1-3H3,(H,53,57)(H,54,58). The number of rotatable bonds is 16. The molecular weight excluding hydrogens is 745 g/mol. The summed E-state index contributed by atoms with van der Waals surface area (Å²) >= 11 is 0. The minimum absolute atomic E-state index is 0.00444. The van der Waals surface area contributed by atoms with E-state index in [1.165, 1.54) is 21.0 Å². The number of ether oxygens (including phenoxy) is 1. The SMILES string of the molecule is COc1cc(C(c2ccc(N(Cc3ccccc3)Cc3ccccc3)cc2NC(C)=O)c2ccc(N(Cc3ccccc3)Cc3ccccc3)cc2NC(C)=O)ccc1O. The van der Waals surface area contributed by atoms with Crippen molar-refractivity contribution in [1.82, 2.24) is 0 Å². The second-order valence-electron chi connectivity index (χ2n) is 14.9. The Morgan fingerprint density at radius 3 is 1.22 bits per heavy atom. The first-order valence-corrected chi connectivity index (χ1v) is 20.1. The van der Waals surface area contributed by atoms with Crippen LogP contribution in [-0.2, 0) is 35.8 Å². The lowest BCUT2D eigenvalue weighted by molar-refractivity contribution is -0.115. The Morgan fingerprint density at radius 2 is 0.883 bits per heavy atom. The summed E-state index contributed by atoms with van der Waals surface area (Å²) in [5, 5.41) is 17.1. The average molecular weight is 795 g/mol. The van der Waals surface area contributed by atoms with Gasteiger partial charge in [0.05, 0.1) is 7.11 Å². The molecule has 0 aromatic heterocycles. The quantitative estimate of drug-likeness (QED) is 0.0844. The van der Waals surface area contributed by atoms with Gasteiger partial charge in [0.2, 0.25) is 11.8 Å². The van der Waals surface area contributed by atoms with Crippen molar-refractivity contribution >= 4 is 34.6 Å². The van der Waals surface area contributed by atoms with Crippen molar-refractivity contribution < 1.29 is 19.4 Å². The maximum absolute atomic E-state index is 13.1. The molecule has 0 bridgehead atoms. The Morgan fingerprint density at radius 1 is 0.517 bits per heavy atom. The van der Waals surface area contributed by atoms with Gasteiger partial charge in [-0.3, -0.25) is 9.59 Å². The molecule has 8 heteroatoms. The first-order chi connectivity index (χ1) is 29.2. The third kappa shape index (κ3) is 10.4. The van der Waals surface area contributed by atoms with E-state index in [0.29, 0.717) is 43.3 Å². The molecule has 0 atom stereocenters. The summed E-state index contributed by atoms with van der Waals surface area (Å²) in [6.45, 7) is 5.58. The van der Waals surface area contributed by atoms with Crippen LogP contribution in [0.5, 0.6) is 11.5 Å². The second-order valence-corrected chi connectivity index (χ2v) is 14.9. The first-order valence-electron chi connectivity index (χ1n) is 20.1. The summed E-state index contributed by atoms with van der Waals surface area (Å²) in [6.07, 6.45) is 0. The van der Waals surface area contributed by atoms with Crippen LogP contribution >= 0.6 is 0 Å². The molecule has 0 aliphatic carbocycles. The number of methoxy groups -OCH3 is 1. The highest BCUT2D eigenvalue weighted by Crippen LogP contribution is 2.44. The van der Waals surface area contributed by atoms with Crippen LogP contribution in [-0.4, -0.2) is 24.0 Å². The number of anilines is 4. The molecule has 0 aliphatic rings. The molecule has 0 aliphatic heterocycles. The Hall–Kier alpha value is -7.32. The first kappa shape index (κ1) is 40.9. The fourth-order valence-corrected chi connectivity index (χ4v) is 7.67. The van der Waals surface area contributed by atoms with Gasteiger partial charge in [-0.25, -0.2) is 0 Å². The number of benzene rings is 7. The van der Waals surface area contributed by atoms with E-state index in [9.17, 15) is 14.7 Å². The van der Waals surface area contributed by atoms with Gasteiger partial charge in [-0.15, -0.1) is 0 Å². The van der Waals surface area contributed by atoms with Crippen LogP contribution in [0.15, 0.2) is 176 Å². The van der Waals surface area contributed by atoms with Gasteiger partial charge in [0, 0.05) is 68.7 Å². The van der Waals surface area contributed by atoms with E-state index in [2.05, 4.69) is 93.2 Å². The predicted octanol–water partition coefficient (Wildman–Crippen LogP) is 10.9. The van der Waals surface area contributed by atoms with Crippen LogP contribution in [0.4, 0.5) is 22.7 Å². The molecule has 0 heterocycles. The molecule has 0 radical (unpaired) electrons. The highest BCUT2D eigenvalue weighted by molar-refractivity contribution is 5.93. The molecule has 8 nitrogen and oxygen atoms in total. The number of amides is 2. The number of phenolic OH excluding ortho intramolecular Hbond substituents is 1. The molecule has 302 valence electrons. The van der Waals surface area contributed by atoms with Crippen LogP contribution < -0.4 is 25.2 Å². The fourth-order valence-electron chi connectivity index (χ4n) is 7.67. The molecule has 0 unspecified atom stereocenters. The van der Waals surface area contributed by atoms with Crippen molar-refractivity contribution in [2.45, 2.75) is 45.9 Å². The van der Waals surface area contributed by atoms with Crippen molar-refractivity contribution in [3.05, 3.63) is 215 Å². The van der Waals surface area contributed by atoms with Gasteiger partial charge in [0.1, 0.15) is 0 Å². The van der Waals surface area contributed by atoms with E-state index < -0.39 is 5.92 Å². The number of carbonyl (C=O) groups is 2. The zero-order valence-corrected chi connectivity index (χ0v) is 34.2. The largest absolute Gasteiger partial charge is 0.504 e. The molecule has 7 aromatic rings. The molecule has 0 saturated heterocycles. The summed E-state index contributed by atoms with van der Waals surface area (Å²) in [4.78, 5) is 30.7. The van der Waals surface area contributed by atoms with Crippen LogP contribution in [0.1, 0.15) is 58.7 Å². The number of carbonyl (C=O) groups excluding carboxylic acids is 2. The summed E-state index contributed by atoms with van der Waals surface area (Å²) < 4.78 is 5.62. The average Bonchev–Trinajstić information content (AvgIpc) is 3.26. The Balaban J connectivity index is 1.39. The lowest BCUT2D eigenvalue weighted by Gasteiger charge is -2.30. The minimum atomic E-state index is -0.528. The van der Waals surface area contributed by atoms with Gasteiger partial charge >= 0.3 is 0 Å². The molecule has 2 amide bonds. The summed E-state index contributed by atoms with van der Waals surface area (Å²) in [7, 11) is 1.52. The van der Waals surface area contributed by atoms with Crippen molar-refractivity contribution in [2.24, 2.45) is 0 Å². The molecule has 3 N–H and O–H groups in total. The number of nitrogens with one attached hydrogen (secondary N) is 2. The van der Waals surface area contributed by atoms with Crippen molar-refractivity contribution in [1.29, 1.82) is 0 Å². The van der Waals surface area contributed by atoms with E-state index in [1.807, 2.05) is 97.1 Å². The van der Waals surface area contributed by atoms with Crippen molar-refractivity contribution in [3.63, 3.8) is 0 Å². The van der Waals surface area contributed by atoms with Gasteiger partial charge in [-0.05, 0) is 75.3 Å². The lowest BCUT2D eigenvalue weighted by atomic mass is 9.82. The van der Waals surface area contributed by atoms with Gasteiger partial charge in [-0.1, -0.05) is 140 Å². The lowest BCUT2D eigenvalue weighted by Crippen LogP contribution is -2.23. The molecule has 7 rings (SSSR count).